The minimum absolute atomic E-state index is 0.810. The summed E-state index contributed by atoms with van der Waals surface area (Å²) in [6.45, 7) is 4.74. The van der Waals surface area contributed by atoms with E-state index >= 15 is 0 Å². The molecule has 1 N–H and O–H groups in total. The summed E-state index contributed by atoms with van der Waals surface area (Å²) in [7, 11) is 0. The molecule has 0 aromatic heterocycles. The standard InChI is InChI=1S/C12H22N2/c1-3-8(2)14-11-4-9-5-12(14)7-10(6-11)13-9/h8-13H,3-7H2,1-2H3. The van der Waals surface area contributed by atoms with Crippen molar-refractivity contribution < 1.29 is 0 Å². The number of hydrogen-bond acceptors (Lipinski definition) is 2. The molecule has 14 heavy (non-hydrogen) atoms. The van der Waals surface area contributed by atoms with Gasteiger partial charge in [-0.3, -0.25) is 4.90 Å². The third-order valence-electron chi connectivity index (χ3n) is 4.64. The first-order valence-electron chi connectivity index (χ1n) is 6.31. The van der Waals surface area contributed by atoms with E-state index in [0.29, 0.717) is 0 Å². The first kappa shape index (κ1) is 9.17. The van der Waals surface area contributed by atoms with Gasteiger partial charge in [0.15, 0.2) is 0 Å². The van der Waals surface area contributed by atoms with Gasteiger partial charge in [0, 0.05) is 30.2 Å². The molecular formula is C12H22N2. The summed E-state index contributed by atoms with van der Waals surface area (Å²) < 4.78 is 0. The van der Waals surface area contributed by atoms with Crippen molar-refractivity contribution in [1.29, 1.82) is 0 Å². The maximum atomic E-state index is 3.76. The highest BCUT2D eigenvalue weighted by Gasteiger charge is 2.47. The Bertz CT molecular complexity index is 198. The zero-order valence-electron chi connectivity index (χ0n) is 9.37. The van der Waals surface area contributed by atoms with Gasteiger partial charge in [0.05, 0.1) is 0 Å². The van der Waals surface area contributed by atoms with E-state index in [4.69, 9.17) is 0 Å². The molecule has 4 aliphatic rings. The second-order valence-electron chi connectivity index (χ2n) is 5.52. The van der Waals surface area contributed by atoms with E-state index in [1.54, 1.807) is 0 Å². The van der Waals surface area contributed by atoms with Gasteiger partial charge in [0.2, 0.25) is 0 Å². The molecule has 1 unspecified atom stereocenters. The Morgan fingerprint density at radius 1 is 1.14 bits per heavy atom. The molecule has 0 aromatic carbocycles. The van der Waals surface area contributed by atoms with Crippen LogP contribution in [0.25, 0.3) is 0 Å². The zero-order chi connectivity index (χ0) is 9.71. The summed E-state index contributed by atoms with van der Waals surface area (Å²) in [5.74, 6) is 0. The van der Waals surface area contributed by atoms with Crippen molar-refractivity contribution in [2.75, 3.05) is 0 Å². The predicted octanol–water partition coefficient (Wildman–Crippen LogP) is 1.75. The van der Waals surface area contributed by atoms with Gasteiger partial charge >= 0.3 is 0 Å². The van der Waals surface area contributed by atoms with Crippen LogP contribution in [0, 0.1) is 0 Å². The lowest BCUT2D eigenvalue weighted by Gasteiger charge is -2.58. The van der Waals surface area contributed by atoms with E-state index in [0.717, 1.165) is 30.2 Å². The second-order valence-corrected chi connectivity index (χ2v) is 5.52. The van der Waals surface area contributed by atoms with Crippen LogP contribution in [0.1, 0.15) is 46.0 Å². The zero-order valence-corrected chi connectivity index (χ0v) is 9.37. The molecule has 4 bridgehead atoms. The maximum Gasteiger partial charge on any atom is 0.0131 e. The van der Waals surface area contributed by atoms with Crippen LogP contribution in [-0.2, 0) is 0 Å². The summed E-state index contributed by atoms with van der Waals surface area (Å²) in [5.41, 5.74) is 0. The molecule has 0 radical (unpaired) electrons. The fourth-order valence-corrected chi connectivity index (χ4v) is 4.02. The van der Waals surface area contributed by atoms with Crippen LogP contribution in [0.5, 0.6) is 0 Å². The Morgan fingerprint density at radius 2 is 1.64 bits per heavy atom. The molecule has 1 atom stereocenters. The van der Waals surface area contributed by atoms with Crippen molar-refractivity contribution in [2.45, 2.75) is 76.2 Å². The molecule has 0 aliphatic carbocycles. The van der Waals surface area contributed by atoms with Crippen molar-refractivity contribution in [2.24, 2.45) is 0 Å². The van der Waals surface area contributed by atoms with E-state index in [1.807, 2.05) is 0 Å². The van der Waals surface area contributed by atoms with Gasteiger partial charge < -0.3 is 5.32 Å². The first-order valence-corrected chi connectivity index (χ1v) is 6.31. The summed E-state index contributed by atoms with van der Waals surface area (Å²) in [6.07, 6.45) is 6.97. The van der Waals surface area contributed by atoms with Crippen molar-refractivity contribution in [3.8, 4) is 0 Å². The lowest BCUT2D eigenvalue weighted by atomic mass is 9.73. The van der Waals surface area contributed by atoms with Crippen molar-refractivity contribution in [3.05, 3.63) is 0 Å². The third-order valence-corrected chi connectivity index (χ3v) is 4.64. The normalized spacial score (nSPS) is 48.4. The third kappa shape index (κ3) is 1.24. The highest BCUT2D eigenvalue weighted by molar-refractivity contribution is 5.06. The molecule has 0 spiro atoms. The van der Waals surface area contributed by atoms with Crippen LogP contribution in [0.3, 0.4) is 0 Å². The van der Waals surface area contributed by atoms with Crippen LogP contribution in [0.2, 0.25) is 0 Å². The smallest absolute Gasteiger partial charge is 0.0131 e. The van der Waals surface area contributed by atoms with E-state index in [2.05, 4.69) is 24.1 Å². The summed E-state index contributed by atoms with van der Waals surface area (Å²) >= 11 is 0. The molecule has 0 amide bonds. The number of rotatable bonds is 2. The molecule has 4 fully saturated rings. The second kappa shape index (κ2) is 3.21. The average Bonchev–Trinajstić information content (AvgIpc) is 2.15. The average molecular weight is 194 g/mol. The molecule has 4 rings (SSSR count). The van der Waals surface area contributed by atoms with Crippen molar-refractivity contribution >= 4 is 0 Å². The summed E-state index contributed by atoms with van der Waals surface area (Å²) in [4.78, 5) is 2.84. The van der Waals surface area contributed by atoms with Gasteiger partial charge in [-0.25, -0.2) is 0 Å². The SMILES string of the molecule is CCC(C)N1C2CC3CC1CC(C2)N3. The fraction of sp³-hybridized carbons (Fsp3) is 1.00. The van der Waals surface area contributed by atoms with Gasteiger partial charge in [-0.2, -0.15) is 0 Å². The lowest BCUT2D eigenvalue weighted by molar-refractivity contribution is -0.0536. The van der Waals surface area contributed by atoms with Gasteiger partial charge in [0.25, 0.3) is 0 Å². The quantitative estimate of drug-likeness (QED) is 0.720. The fourth-order valence-electron chi connectivity index (χ4n) is 4.02. The summed E-state index contributed by atoms with van der Waals surface area (Å²) in [5, 5.41) is 3.76. The van der Waals surface area contributed by atoms with Crippen LogP contribution < -0.4 is 5.32 Å². The number of nitrogens with one attached hydrogen (secondary N) is 1. The van der Waals surface area contributed by atoms with Crippen LogP contribution in [-0.4, -0.2) is 35.1 Å². The number of nitrogens with zero attached hydrogens (tertiary/aromatic N) is 1. The highest BCUT2D eigenvalue weighted by atomic mass is 15.3. The molecule has 80 valence electrons. The van der Waals surface area contributed by atoms with Gasteiger partial charge in [0.1, 0.15) is 0 Å². The van der Waals surface area contributed by atoms with E-state index < -0.39 is 0 Å². The molecule has 4 saturated heterocycles. The van der Waals surface area contributed by atoms with Gasteiger partial charge in [-0.1, -0.05) is 6.92 Å². The van der Waals surface area contributed by atoms with Crippen LogP contribution in [0.15, 0.2) is 0 Å². The van der Waals surface area contributed by atoms with Crippen molar-refractivity contribution in [3.63, 3.8) is 0 Å². The van der Waals surface area contributed by atoms with E-state index in [-0.39, 0.29) is 0 Å². The van der Waals surface area contributed by atoms with E-state index in [9.17, 15) is 0 Å². The van der Waals surface area contributed by atoms with Gasteiger partial charge in [-0.05, 0) is 39.0 Å². The van der Waals surface area contributed by atoms with Gasteiger partial charge in [-0.15, -0.1) is 0 Å². The number of hydrogen-bond donors (Lipinski definition) is 1. The monoisotopic (exact) mass is 194 g/mol. The molecular weight excluding hydrogens is 172 g/mol. The maximum absolute atomic E-state index is 3.76. The molecule has 0 saturated carbocycles. The Hall–Kier alpha value is -0.0800. The Labute approximate surface area is 87.0 Å². The van der Waals surface area contributed by atoms with Crippen molar-refractivity contribution in [1.82, 2.24) is 10.2 Å². The summed E-state index contributed by atoms with van der Waals surface area (Å²) in [6, 6.07) is 4.35. The molecule has 2 nitrogen and oxygen atoms in total. The Balaban J connectivity index is 1.81. The first-order chi connectivity index (χ1) is 6.78. The number of piperidine rings is 4. The predicted molar refractivity (Wildman–Crippen MR) is 58.3 cm³/mol. The minimum Gasteiger partial charge on any atom is -0.311 e. The Kier molecular flexibility index (Phi) is 2.10. The lowest BCUT2D eigenvalue weighted by Crippen LogP contribution is -2.68. The largest absolute Gasteiger partial charge is 0.311 e. The molecule has 0 aromatic rings. The minimum atomic E-state index is 0.810. The van der Waals surface area contributed by atoms with Crippen LogP contribution in [0.4, 0.5) is 0 Å². The molecule has 4 heterocycles. The van der Waals surface area contributed by atoms with Crippen LogP contribution >= 0.6 is 0 Å². The Morgan fingerprint density at radius 3 is 2.07 bits per heavy atom. The van der Waals surface area contributed by atoms with E-state index in [1.165, 1.54) is 32.1 Å². The molecule has 2 heteroatoms. The highest BCUT2D eigenvalue weighted by Crippen LogP contribution is 2.40. The molecule has 4 aliphatic heterocycles. The topological polar surface area (TPSA) is 15.3 Å².